The van der Waals surface area contributed by atoms with Crippen molar-refractivity contribution in [2.45, 2.75) is 13.3 Å². The van der Waals surface area contributed by atoms with Crippen LogP contribution in [-0.2, 0) is 6.42 Å². The van der Waals surface area contributed by atoms with Crippen molar-refractivity contribution in [1.29, 1.82) is 0 Å². The van der Waals surface area contributed by atoms with Crippen LogP contribution in [0.5, 0.6) is 0 Å². The molecule has 1 heterocycles. The number of hydrogen-bond donors (Lipinski definition) is 1. The molecule has 2 nitrogen and oxygen atoms in total. The lowest BCUT2D eigenvalue weighted by atomic mass is 10.1. The molecular weight excluding hydrogens is 138 g/mol. The van der Waals surface area contributed by atoms with Crippen molar-refractivity contribution >= 4 is 5.57 Å². The Morgan fingerprint density at radius 2 is 2.36 bits per heavy atom. The maximum absolute atomic E-state index is 11.2. The van der Waals surface area contributed by atoms with Gasteiger partial charge in [-0.3, -0.25) is 4.79 Å². The summed E-state index contributed by atoms with van der Waals surface area (Å²) >= 11 is 0. The zero-order valence-corrected chi connectivity index (χ0v) is 6.35. The molecule has 0 fully saturated rings. The molecule has 1 aromatic heterocycles. The summed E-state index contributed by atoms with van der Waals surface area (Å²) in [7, 11) is 0. The van der Waals surface area contributed by atoms with Crippen LogP contribution in [0, 0.1) is 0 Å². The fourth-order valence-electron chi connectivity index (χ4n) is 1.49. The summed E-state index contributed by atoms with van der Waals surface area (Å²) in [6.45, 7) is 1.97. The first-order valence-electron chi connectivity index (χ1n) is 3.67. The molecule has 0 saturated heterocycles. The Morgan fingerprint density at radius 3 is 3.09 bits per heavy atom. The molecule has 0 radical (unpaired) electrons. The lowest BCUT2D eigenvalue weighted by molar-refractivity contribution is 1.17. The average molecular weight is 147 g/mol. The molecule has 11 heavy (non-hydrogen) atoms. The molecule has 0 saturated carbocycles. The summed E-state index contributed by atoms with van der Waals surface area (Å²) in [6, 6.07) is 1.96. The van der Waals surface area contributed by atoms with E-state index in [9.17, 15) is 4.79 Å². The second kappa shape index (κ2) is 2.09. The van der Waals surface area contributed by atoms with E-state index in [1.807, 2.05) is 13.0 Å². The maximum Gasteiger partial charge on any atom is 0.255 e. The summed E-state index contributed by atoms with van der Waals surface area (Å²) in [5.74, 6) is 0. The highest BCUT2D eigenvalue weighted by atomic mass is 16.1. The Balaban J connectivity index is 2.77. The molecule has 0 amide bonds. The minimum absolute atomic E-state index is 0.0359. The second-order valence-corrected chi connectivity index (χ2v) is 2.80. The molecule has 0 aliphatic heterocycles. The molecule has 1 aromatic rings. The Morgan fingerprint density at radius 1 is 1.55 bits per heavy atom. The summed E-state index contributed by atoms with van der Waals surface area (Å²) in [5.41, 5.74) is 3.15. The topological polar surface area (TPSA) is 32.9 Å². The van der Waals surface area contributed by atoms with Crippen LogP contribution in [0.2, 0.25) is 0 Å². The maximum atomic E-state index is 11.2. The van der Waals surface area contributed by atoms with Gasteiger partial charge in [-0.2, -0.15) is 0 Å². The Hall–Kier alpha value is -1.31. The smallest absolute Gasteiger partial charge is 0.255 e. The molecule has 0 bridgehead atoms. The van der Waals surface area contributed by atoms with Crippen molar-refractivity contribution < 1.29 is 0 Å². The highest BCUT2D eigenvalue weighted by Crippen LogP contribution is 2.21. The molecule has 1 aliphatic carbocycles. The molecule has 0 atom stereocenters. The quantitative estimate of drug-likeness (QED) is 0.590. The van der Waals surface area contributed by atoms with Crippen LogP contribution in [0.3, 0.4) is 0 Å². The van der Waals surface area contributed by atoms with Gasteiger partial charge in [-0.15, -0.1) is 0 Å². The van der Waals surface area contributed by atoms with Gasteiger partial charge in [0.1, 0.15) is 0 Å². The number of rotatable bonds is 0. The number of hydrogen-bond acceptors (Lipinski definition) is 1. The van der Waals surface area contributed by atoms with Crippen molar-refractivity contribution in [3.63, 3.8) is 0 Å². The van der Waals surface area contributed by atoms with Gasteiger partial charge in [0.05, 0.1) is 0 Å². The third kappa shape index (κ3) is 0.827. The molecule has 0 aromatic carbocycles. The predicted molar refractivity (Wildman–Crippen MR) is 44.4 cm³/mol. The second-order valence-electron chi connectivity index (χ2n) is 2.80. The van der Waals surface area contributed by atoms with Crippen LogP contribution in [-0.4, -0.2) is 4.98 Å². The van der Waals surface area contributed by atoms with Gasteiger partial charge in [0, 0.05) is 11.8 Å². The van der Waals surface area contributed by atoms with E-state index in [2.05, 4.69) is 11.1 Å². The molecule has 1 N–H and O–H groups in total. The van der Waals surface area contributed by atoms with Gasteiger partial charge in [0.2, 0.25) is 0 Å². The first kappa shape index (κ1) is 6.40. The summed E-state index contributed by atoms with van der Waals surface area (Å²) in [4.78, 5) is 13.9. The Bertz CT molecular complexity index is 373. The monoisotopic (exact) mass is 147 g/mol. The largest absolute Gasteiger partial charge is 0.329 e. The molecule has 0 unspecified atom stereocenters. The van der Waals surface area contributed by atoms with Crippen molar-refractivity contribution in [3.8, 4) is 0 Å². The van der Waals surface area contributed by atoms with E-state index in [1.54, 1.807) is 6.20 Å². The third-order valence-electron chi connectivity index (χ3n) is 2.07. The van der Waals surface area contributed by atoms with Gasteiger partial charge >= 0.3 is 0 Å². The zero-order chi connectivity index (χ0) is 7.84. The first-order chi connectivity index (χ1) is 5.29. The standard InChI is InChI=1S/C9H9NO/c1-6-2-3-7-4-5-10-9(11)8(6)7/h2,4-5H,3H2,1H3,(H,10,11). The van der Waals surface area contributed by atoms with Crippen molar-refractivity contribution in [2.24, 2.45) is 0 Å². The van der Waals surface area contributed by atoms with Crippen LogP contribution >= 0.6 is 0 Å². The van der Waals surface area contributed by atoms with E-state index in [1.165, 1.54) is 0 Å². The van der Waals surface area contributed by atoms with Crippen molar-refractivity contribution in [2.75, 3.05) is 0 Å². The first-order valence-corrected chi connectivity index (χ1v) is 3.67. The molecule has 56 valence electrons. The lowest BCUT2D eigenvalue weighted by Crippen LogP contribution is -2.10. The van der Waals surface area contributed by atoms with Crippen LogP contribution in [0.25, 0.3) is 5.57 Å². The predicted octanol–water partition coefficient (Wildman–Crippen LogP) is 1.33. The Kier molecular flexibility index (Phi) is 1.22. The molecule has 1 aliphatic rings. The number of H-pyrrole nitrogens is 1. The fourth-order valence-corrected chi connectivity index (χ4v) is 1.49. The number of pyridine rings is 1. The van der Waals surface area contributed by atoms with Gasteiger partial charge in [-0.05, 0) is 30.5 Å². The number of aromatic nitrogens is 1. The number of fused-ring (bicyclic) bond motifs is 1. The third-order valence-corrected chi connectivity index (χ3v) is 2.07. The number of aromatic amines is 1. The summed E-state index contributed by atoms with van der Waals surface area (Å²) < 4.78 is 0. The van der Waals surface area contributed by atoms with E-state index in [-0.39, 0.29) is 5.56 Å². The molecule has 2 heteroatoms. The molecule has 2 rings (SSSR count). The highest BCUT2D eigenvalue weighted by Gasteiger charge is 2.12. The van der Waals surface area contributed by atoms with Gasteiger partial charge in [-0.1, -0.05) is 6.08 Å². The molecule has 0 spiro atoms. The van der Waals surface area contributed by atoms with E-state index >= 15 is 0 Å². The summed E-state index contributed by atoms with van der Waals surface area (Å²) in [6.07, 6.45) is 4.69. The van der Waals surface area contributed by atoms with Gasteiger partial charge in [0.15, 0.2) is 0 Å². The highest BCUT2D eigenvalue weighted by molar-refractivity contribution is 5.70. The SMILES string of the molecule is CC1=CCc2cc[nH]c(=O)c21. The van der Waals surface area contributed by atoms with Crippen LogP contribution in [0.1, 0.15) is 18.1 Å². The minimum atomic E-state index is 0.0359. The minimum Gasteiger partial charge on any atom is -0.329 e. The Labute approximate surface area is 64.6 Å². The van der Waals surface area contributed by atoms with E-state index in [0.29, 0.717) is 0 Å². The van der Waals surface area contributed by atoms with E-state index in [0.717, 1.165) is 23.1 Å². The lowest BCUT2D eigenvalue weighted by Gasteiger charge is -1.96. The number of nitrogens with one attached hydrogen (secondary N) is 1. The zero-order valence-electron chi connectivity index (χ0n) is 6.35. The number of allylic oxidation sites excluding steroid dienone is 2. The normalized spacial score (nSPS) is 14.5. The van der Waals surface area contributed by atoms with Crippen LogP contribution < -0.4 is 5.56 Å². The summed E-state index contributed by atoms with van der Waals surface area (Å²) in [5, 5.41) is 0. The van der Waals surface area contributed by atoms with Crippen LogP contribution in [0.15, 0.2) is 23.1 Å². The van der Waals surface area contributed by atoms with Crippen molar-refractivity contribution in [3.05, 3.63) is 39.8 Å². The van der Waals surface area contributed by atoms with Gasteiger partial charge in [0.25, 0.3) is 5.56 Å². The van der Waals surface area contributed by atoms with E-state index in [4.69, 9.17) is 0 Å². The van der Waals surface area contributed by atoms with Gasteiger partial charge < -0.3 is 4.98 Å². The molecular formula is C9H9NO. The fraction of sp³-hybridized carbons (Fsp3) is 0.222. The average Bonchev–Trinajstić information content (AvgIpc) is 2.34. The van der Waals surface area contributed by atoms with E-state index < -0.39 is 0 Å². The van der Waals surface area contributed by atoms with Gasteiger partial charge in [-0.25, -0.2) is 0 Å². The van der Waals surface area contributed by atoms with Crippen LogP contribution in [0.4, 0.5) is 0 Å². The van der Waals surface area contributed by atoms with Crippen molar-refractivity contribution in [1.82, 2.24) is 4.98 Å².